The highest BCUT2D eigenvalue weighted by atomic mass is 15.3. The fourth-order valence-corrected chi connectivity index (χ4v) is 3.59. The standard InChI is InChI=1S/C21H18N4/c1-3-8-16(9-4-1)20-19-12-7-13-24(19)21-17(14-22-20)15-23-25(21)18-10-5-2-6-11-18/h1-13,15,20,22H,14H2. The van der Waals surface area contributed by atoms with Gasteiger partial charge in [0.05, 0.1) is 17.9 Å². The van der Waals surface area contributed by atoms with E-state index in [0.29, 0.717) is 0 Å². The van der Waals surface area contributed by atoms with Crippen LogP contribution in [0.1, 0.15) is 22.9 Å². The van der Waals surface area contributed by atoms with Gasteiger partial charge >= 0.3 is 0 Å². The Balaban J connectivity index is 1.69. The molecule has 3 heterocycles. The van der Waals surface area contributed by atoms with Gasteiger partial charge in [0.25, 0.3) is 0 Å². The molecule has 2 aromatic heterocycles. The second-order valence-electron chi connectivity index (χ2n) is 6.27. The smallest absolute Gasteiger partial charge is 0.145 e. The SMILES string of the molecule is c1ccc(C2NCc3cnn(-c4ccccc4)c3-n3cccc32)cc1. The molecule has 0 spiro atoms. The van der Waals surface area contributed by atoms with Crippen molar-refractivity contribution in [3.8, 4) is 11.5 Å². The number of fused-ring (bicyclic) bond motifs is 3. The number of rotatable bonds is 2. The zero-order chi connectivity index (χ0) is 16.6. The molecule has 25 heavy (non-hydrogen) atoms. The minimum Gasteiger partial charge on any atom is -0.303 e. The maximum Gasteiger partial charge on any atom is 0.145 e. The molecule has 122 valence electrons. The van der Waals surface area contributed by atoms with Crippen molar-refractivity contribution in [2.24, 2.45) is 0 Å². The van der Waals surface area contributed by atoms with E-state index in [2.05, 4.69) is 75.8 Å². The molecule has 0 aliphatic carbocycles. The lowest BCUT2D eigenvalue weighted by molar-refractivity contribution is 0.598. The van der Waals surface area contributed by atoms with E-state index >= 15 is 0 Å². The normalized spacial score (nSPS) is 16.1. The molecule has 0 bridgehead atoms. The molecule has 0 radical (unpaired) electrons. The first-order valence-electron chi connectivity index (χ1n) is 8.50. The van der Waals surface area contributed by atoms with Gasteiger partial charge in [-0.1, -0.05) is 48.5 Å². The lowest BCUT2D eigenvalue weighted by atomic mass is 10.0. The van der Waals surface area contributed by atoms with Crippen LogP contribution in [0.2, 0.25) is 0 Å². The summed E-state index contributed by atoms with van der Waals surface area (Å²) in [5.41, 5.74) is 4.76. The molecule has 4 nitrogen and oxygen atoms in total. The summed E-state index contributed by atoms with van der Waals surface area (Å²) in [6.07, 6.45) is 4.09. The number of hydrogen-bond acceptors (Lipinski definition) is 2. The molecule has 1 N–H and O–H groups in total. The Kier molecular flexibility index (Phi) is 3.28. The highest BCUT2D eigenvalue weighted by Gasteiger charge is 2.25. The maximum absolute atomic E-state index is 4.64. The van der Waals surface area contributed by atoms with E-state index < -0.39 is 0 Å². The molecule has 1 aliphatic rings. The van der Waals surface area contributed by atoms with Crippen molar-refractivity contribution in [1.82, 2.24) is 19.7 Å². The summed E-state index contributed by atoms with van der Waals surface area (Å²) in [5, 5.41) is 8.33. The fourth-order valence-electron chi connectivity index (χ4n) is 3.59. The summed E-state index contributed by atoms with van der Waals surface area (Å²) >= 11 is 0. The fraction of sp³-hybridized carbons (Fsp3) is 0.0952. The first kappa shape index (κ1) is 14.3. The van der Waals surface area contributed by atoms with E-state index in [1.165, 1.54) is 16.8 Å². The first-order valence-corrected chi connectivity index (χ1v) is 8.50. The van der Waals surface area contributed by atoms with Crippen LogP contribution in [-0.4, -0.2) is 14.3 Å². The van der Waals surface area contributed by atoms with Gasteiger partial charge in [-0.2, -0.15) is 5.10 Å². The predicted molar refractivity (Wildman–Crippen MR) is 98.0 cm³/mol. The van der Waals surface area contributed by atoms with E-state index in [1.54, 1.807) is 0 Å². The van der Waals surface area contributed by atoms with Gasteiger partial charge in [-0.05, 0) is 29.8 Å². The lowest BCUT2D eigenvalue weighted by Crippen LogP contribution is -2.21. The Morgan fingerprint density at radius 3 is 2.44 bits per heavy atom. The molecule has 0 saturated carbocycles. The number of benzene rings is 2. The molecule has 4 heteroatoms. The van der Waals surface area contributed by atoms with Crippen LogP contribution in [0.5, 0.6) is 0 Å². The van der Waals surface area contributed by atoms with Gasteiger partial charge < -0.3 is 9.88 Å². The number of nitrogens with one attached hydrogen (secondary N) is 1. The summed E-state index contributed by atoms with van der Waals surface area (Å²) in [6.45, 7) is 0.781. The molecule has 0 fully saturated rings. The van der Waals surface area contributed by atoms with E-state index in [0.717, 1.165) is 18.1 Å². The van der Waals surface area contributed by atoms with Crippen LogP contribution in [0.15, 0.2) is 85.2 Å². The van der Waals surface area contributed by atoms with Crippen molar-refractivity contribution in [3.63, 3.8) is 0 Å². The van der Waals surface area contributed by atoms with Gasteiger partial charge in [0.2, 0.25) is 0 Å². The quantitative estimate of drug-likeness (QED) is 0.607. The Morgan fingerprint density at radius 1 is 0.880 bits per heavy atom. The van der Waals surface area contributed by atoms with Crippen molar-refractivity contribution in [1.29, 1.82) is 0 Å². The molecule has 4 aromatic rings. The summed E-state index contributed by atoms with van der Waals surface area (Å²) in [7, 11) is 0. The largest absolute Gasteiger partial charge is 0.303 e. The van der Waals surface area contributed by atoms with Crippen molar-refractivity contribution >= 4 is 0 Å². The number of hydrogen-bond donors (Lipinski definition) is 1. The molecule has 0 amide bonds. The number of para-hydroxylation sites is 1. The molecule has 1 aliphatic heterocycles. The summed E-state index contributed by atoms with van der Waals surface area (Å²) in [6, 6.07) is 25.3. The Hall–Kier alpha value is -3.11. The van der Waals surface area contributed by atoms with E-state index in [1.807, 2.05) is 29.1 Å². The Morgan fingerprint density at radius 2 is 1.64 bits per heavy atom. The van der Waals surface area contributed by atoms with Crippen LogP contribution < -0.4 is 5.32 Å². The molecule has 1 unspecified atom stereocenters. The maximum atomic E-state index is 4.64. The van der Waals surface area contributed by atoms with E-state index in [-0.39, 0.29) is 6.04 Å². The average Bonchev–Trinajstić information content (AvgIpc) is 3.28. The molecular weight excluding hydrogens is 308 g/mol. The van der Waals surface area contributed by atoms with Crippen LogP contribution >= 0.6 is 0 Å². The third kappa shape index (κ3) is 2.30. The van der Waals surface area contributed by atoms with E-state index in [9.17, 15) is 0 Å². The van der Waals surface area contributed by atoms with Crippen molar-refractivity contribution in [3.05, 3.63) is 102 Å². The zero-order valence-electron chi connectivity index (χ0n) is 13.7. The van der Waals surface area contributed by atoms with Gasteiger partial charge in [-0.15, -0.1) is 0 Å². The van der Waals surface area contributed by atoms with Crippen molar-refractivity contribution < 1.29 is 0 Å². The lowest BCUT2D eigenvalue weighted by Gasteiger charge is -2.18. The van der Waals surface area contributed by atoms with Crippen molar-refractivity contribution in [2.45, 2.75) is 12.6 Å². The van der Waals surface area contributed by atoms with Gasteiger partial charge in [0, 0.05) is 24.0 Å². The van der Waals surface area contributed by atoms with Gasteiger partial charge in [0.15, 0.2) is 0 Å². The van der Waals surface area contributed by atoms with Crippen molar-refractivity contribution in [2.75, 3.05) is 0 Å². The monoisotopic (exact) mass is 326 g/mol. The Labute approximate surface area is 146 Å². The van der Waals surface area contributed by atoms with E-state index in [4.69, 9.17) is 0 Å². The zero-order valence-corrected chi connectivity index (χ0v) is 13.7. The van der Waals surface area contributed by atoms with Crippen LogP contribution in [0.25, 0.3) is 11.5 Å². The Bertz CT molecular complexity index is 999. The van der Waals surface area contributed by atoms with Gasteiger partial charge in [-0.25, -0.2) is 4.68 Å². The molecule has 2 aromatic carbocycles. The summed E-state index contributed by atoms with van der Waals surface area (Å²) < 4.78 is 4.28. The molecular formula is C21H18N4. The molecule has 1 atom stereocenters. The number of aromatic nitrogens is 3. The highest BCUT2D eigenvalue weighted by Crippen LogP contribution is 2.31. The second-order valence-corrected chi connectivity index (χ2v) is 6.27. The van der Waals surface area contributed by atoms with Crippen LogP contribution in [0, 0.1) is 0 Å². The third-order valence-corrected chi connectivity index (χ3v) is 4.75. The predicted octanol–water partition coefficient (Wildman–Crippen LogP) is 3.86. The number of nitrogens with zero attached hydrogens (tertiary/aromatic N) is 3. The third-order valence-electron chi connectivity index (χ3n) is 4.75. The highest BCUT2D eigenvalue weighted by molar-refractivity contribution is 5.47. The minimum atomic E-state index is 0.160. The van der Waals surface area contributed by atoms with Crippen LogP contribution in [0.4, 0.5) is 0 Å². The van der Waals surface area contributed by atoms with Crippen LogP contribution in [0.3, 0.4) is 0 Å². The molecule has 5 rings (SSSR count). The first-order chi connectivity index (χ1) is 12.4. The van der Waals surface area contributed by atoms with Gasteiger partial charge in [0.1, 0.15) is 5.82 Å². The second kappa shape index (κ2) is 5.76. The van der Waals surface area contributed by atoms with Gasteiger partial charge in [-0.3, -0.25) is 0 Å². The summed E-state index contributed by atoms with van der Waals surface area (Å²) in [4.78, 5) is 0. The summed E-state index contributed by atoms with van der Waals surface area (Å²) in [5.74, 6) is 1.11. The van der Waals surface area contributed by atoms with Crippen LogP contribution in [-0.2, 0) is 6.54 Å². The average molecular weight is 326 g/mol. The minimum absolute atomic E-state index is 0.160. The topological polar surface area (TPSA) is 34.8 Å². The molecule has 0 saturated heterocycles.